The molecule has 0 amide bonds. The maximum absolute atomic E-state index is 12.5. The highest BCUT2D eigenvalue weighted by atomic mass is 16.7. The predicted octanol–water partition coefficient (Wildman–Crippen LogP) is 2.37. The highest BCUT2D eigenvalue weighted by Crippen LogP contribution is 2.72. The molecular weight excluding hydrogens is 504 g/mol. The van der Waals surface area contributed by atoms with E-state index in [1.54, 1.807) is 13.2 Å². The van der Waals surface area contributed by atoms with Crippen molar-refractivity contribution in [2.45, 2.75) is 132 Å². The summed E-state index contributed by atoms with van der Waals surface area (Å²) in [7, 11) is 1.58. The Kier molecular flexibility index (Phi) is 6.63. The molecule has 0 bridgehead atoms. The average molecular weight is 551 g/mol. The minimum absolute atomic E-state index is 0.0102. The number of fused-ring (bicyclic) bond motifs is 5. The van der Waals surface area contributed by atoms with Gasteiger partial charge in [0.15, 0.2) is 6.29 Å². The van der Waals surface area contributed by atoms with Gasteiger partial charge in [-0.05, 0) is 75.7 Å². The van der Waals surface area contributed by atoms with Crippen molar-refractivity contribution in [2.75, 3.05) is 13.7 Å². The van der Waals surface area contributed by atoms with Crippen LogP contribution in [-0.2, 0) is 23.7 Å². The summed E-state index contributed by atoms with van der Waals surface area (Å²) >= 11 is 0. The van der Waals surface area contributed by atoms with Gasteiger partial charge in [0.25, 0.3) is 0 Å². The molecule has 6 rings (SSSR count). The molecular formula is C30H46O9. The molecule has 1 unspecified atom stereocenters. The summed E-state index contributed by atoms with van der Waals surface area (Å²) in [5.41, 5.74) is -3.88. The van der Waals surface area contributed by atoms with Gasteiger partial charge in [0.2, 0.25) is 0 Å². The van der Waals surface area contributed by atoms with Crippen LogP contribution in [0.4, 0.5) is 0 Å². The van der Waals surface area contributed by atoms with Gasteiger partial charge < -0.3 is 39.4 Å². The molecule has 0 spiro atoms. The largest absolute Gasteiger partial charge is 0.458 e. The average Bonchev–Trinajstić information content (AvgIpc) is 3.43. The number of ether oxygens (including phenoxy) is 4. The molecule has 4 N–H and O–H groups in total. The number of aliphatic hydroxyl groups excluding tert-OH is 1. The summed E-state index contributed by atoms with van der Waals surface area (Å²) in [6.07, 6.45) is 4.91. The summed E-state index contributed by atoms with van der Waals surface area (Å²) in [5, 5.41) is 47.4. The fraction of sp³-hybridized carbons (Fsp3) is 0.900. The summed E-state index contributed by atoms with van der Waals surface area (Å²) in [6, 6.07) is 0. The Bertz CT molecular complexity index is 1030. The van der Waals surface area contributed by atoms with Crippen LogP contribution >= 0.6 is 0 Å². The maximum atomic E-state index is 12.5. The first-order valence-corrected chi connectivity index (χ1v) is 14.9. The minimum atomic E-state index is -1.32. The van der Waals surface area contributed by atoms with Crippen LogP contribution in [0, 0.1) is 22.7 Å². The number of rotatable bonds is 4. The van der Waals surface area contributed by atoms with Gasteiger partial charge in [-0.1, -0.05) is 13.8 Å². The summed E-state index contributed by atoms with van der Waals surface area (Å²) in [5.74, 6) is -0.590. The van der Waals surface area contributed by atoms with Crippen LogP contribution in [0.25, 0.3) is 0 Å². The lowest BCUT2D eigenvalue weighted by Crippen LogP contribution is -2.76. The summed E-state index contributed by atoms with van der Waals surface area (Å²) < 4.78 is 22.9. The fourth-order valence-corrected chi connectivity index (χ4v) is 10.1. The van der Waals surface area contributed by atoms with Gasteiger partial charge in [-0.3, -0.25) is 0 Å². The Labute approximate surface area is 230 Å². The van der Waals surface area contributed by atoms with Crippen molar-refractivity contribution in [2.24, 2.45) is 22.7 Å². The number of carbonyl (C=O) groups excluding carboxylic acids is 1. The van der Waals surface area contributed by atoms with Crippen molar-refractivity contribution in [3.05, 3.63) is 11.6 Å². The van der Waals surface area contributed by atoms with Crippen molar-refractivity contribution in [3.63, 3.8) is 0 Å². The van der Waals surface area contributed by atoms with Crippen LogP contribution in [0.2, 0.25) is 0 Å². The standard InChI is InChI=1S/C30H46O9/c1-17-25(32)21(36-4)14-24(38-17)39-19-5-8-27(3)22-7-9-26(2)20(18-13-23(31)37-16-18)6-10-30(26,35)29(22,34)12-11-28(27,33)15-19/h13,17,19-22,24-25,32-35H,5-12,14-16H2,1-4H3/t17-,19+,20-,21+,22?,24+,25-,26-,27-,28+,29+,30-/m1/s1. The Hall–Kier alpha value is -1.07. The number of carbonyl (C=O) groups is 1. The highest BCUT2D eigenvalue weighted by Gasteiger charge is 2.76. The van der Waals surface area contributed by atoms with Gasteiger partial charge in [-0.2, -0.15) is 0 Å². The zero-order valence-electron chi connectivity index (χ0n) is 23.7. The molecule has 0 aromatic carbocycles. The molecule has 0 radical (unpaired) electrons. The Morgan fingerprint density at radius 3 is 2.44 bits per heavy atom. The lowest BCUT2D eigenvalue weighted by atomic mass is 9.40. The number of methoxy groups -OCH3 is 1. The Balaban J connectivity index is 1.21. The zero-order chi connectivity index (χ0) is 28.0. The van der Waals surface area contributed by atoms with Gasteiger partial charge in [-0.15, -0.1) is 0 Å². The predicted molar refractivity (Wildman–Crippen MR) is 139 cm³/mol. The highest BCUT2D eigenvalue weighted by molar-refractivity contribution is 5.85. The van der Waals surface area contributed by atoms with Crippen LogP contribution in [0.1, 0.15) is 85.0 Å². The SMILES string of the molecule is CO[C@H]1C[C@H](O[C@H]2CC[C@]3(C)C4CC[C@]5(C)[C@@H](C6=CC(=O)OC6)CC[C@]5(O)[C@]4(O)CC[C@]3(O)C2)O[C@H](C)[C@H]1O. The second kappa shape index (κ2) is 9.21. The number of aliphatic hydroxyl groups is 4. The van der Waals surface area contributed by atoms with Crippen molar-refractivity contribution >= 4 is 5.97 Å². The molecule has 4 saturated carbocycles. The molecule has 2 aliphatic heterocycles. The van der Waals surface area contributed by atoms with Gasteiger partial charge in [0, 0.05) is 36.9 Å². The van der Waals surface area contributed by atoms with E-state index in [0.717, 1.165) is 5.57 Å². The lowest BCUT2D eigenvalue weighted by molar-refractivity contribution is -0.330. The Morgan fingerprint density at radius 2 is 1.74 bits per heavy atom. The third-order valence-electron chi connectivity index (χ3n) is 12.5. The number of hydrogen-bond donors (Lipinski definition) is 4. The van der Waals surface area contributed by atoms with Crippen LogP contribution in [0.5, 0.6) is 0 Å². The molecule has 0 aromatic heterocycles. The van der Waals surface area contributed by atoms with E-state index in [1.807, 2.05) is 6.92 Å². The molecule has 220 valence electrons. The minimum Gasteiger partial charge on any atom is -0.458 e. The number of esters is 1. The third-order valence-corrected chi connectivity index (χ3v) is 12.5. The summed E-state index contributed by atoms with van der Waals surface area (Å²) in [4.78, 5) is 11.8. The molecule has 1 saturated heterocycles. The first-order chi connectivity index (χ1) is 18.3. The number of hydrogen-bond acceptors (Lipinski definition) is 9. The van der Waals surface area contributed by atoms with E-state index in [4.69, 9.17) is 18.9 Å². The quantitative estimate of drug-likeness (QED) is 0.307. The van der Waals surface area contributed by atoms with E-state index in [-0.39, 0.29) is 36.6 Å². The van der Waals surface area contributed by atoms with Gasteiger partial charge >= 0.3 is 5.97 Å². The molecule has 6 aliphatic rings. The van der Waals surface area contributed by atoms with Gasteiger partial charge in [0.05, 0.1) is 35.1 Å². The lowest BCUT2D eigenvalue weighted by Gasteiger charge is -2.69. The molecule has 5 fully saturated rings. The molecule has 4 aliphatic carbocycles. The van der Waals surface area contributed by atoms with Crippen LogP contribution in [-0.4, -0.2) is 87.6 Å². The first kappa shape index (κ1) is 28.1. The fourth-order valence-electron chi connectivity index (χ4n) is 10.1. The second-order valence-corrected chi connectivity index (χ2v) is 13.9. The molecule has 9 nitrogen and oxygen atoms in total. The van der Waals surface area contributed by atoms with Gasteiger partial charge in [-0.25, -0.2) is 4.79 Å². The van der Waals surface area contributed by atoms with E-state index >= 15 is 0 Å². The van der Waals surface area contributed by atoms with Crippen molar-refractivity contribution in [3.8, 4) is 0 Å². The third kappa shape index (κ3) is 3.80. The monoisotopic (exact) mass is 550 g/mol. The number of cyclic esters (lactones) is 1. The molecule has 12 atom stereocenters. The van der Waals surface area contributed by atoms with Crippen LogP contribution in [0.3, 0.4) is 0 Å². The van der Waals surface area contributed by atoms with Crippen LogP contribution in [0.15, 0.2) is 11.6 Å². The smallest absolute Gasteiger partial charge is 0.331 e. The summed E-state index contributed by atoms with van der Waals surface area (Å²) in [6.45, 7) is 6.25. The van der Waals surface area contributed by atoms with Crippen molar-refractivity contribution in [1.82, 2.24) is 0 Å². The molecule has 0 aromatic rings. The van der Waals surface area contributed by atoms with E-state index in [9.17, 15) is 25.2 Å². The molecule has 39 heavy (non-hydrogen) atoms. The van der Waals surface area contributed by atoms with Crippen molar-refractivity contribution in [1.29, 1.82) is 0 Å². The van der Waals surface area contributed by atoms with Gasteiger partial charge in [0.1, 0.15) is 12.7 Å². The topological polar surface area (TPSA) is 135 Å². The normalized spacial score (nSPS) is 55.3. The maximum Gasteiger partial charge on any atom is 0.331 e. The zero-order valence-corrected chi connectivity index (χ0v) is 23.7. The van der Waals surface area contributed by atoms with E-state index in [1.165, 1.54) is 0 Å². The van der Waals surface area contributed by atoms with Crippen LogP contribution < -0.4 is 0 Å². The van der Waals surface area contributed by atoms with Crippen molar-refractivity contribution < 1.29 is 44.2 Å². The van der Waals surface area contributed by atoms with E-state index in [2.05, 4.69) is 13.8 Å². The molecule has 2 heterocycles. The Morgan fingerprint density at radius 1 is 1.00 bits per heavy atom. The van der Waals surface area contributed by atoms with E-state index < -0.39 is 46.1 Å². The first-order valence-electron chi connectivity index (χ1n) is 14.9. The second-order valence-electron chi connectivity index (χ2n) is 13.9. The molecule has 9 heteroatoms. The van der Waals surface area contributed by atoms with E-state index in [0.29, 0.717) is 64.2 Å².